The molecule has 1 aromatic rings. The Morgan fingerprint density at radius 2 is 1.84 bits per heavy atom. The molecule has 0 unspecified atom stereocenters. The SMILES string of the molecule is Cc1cc(Cl)nc(Cl)c1NC1CCC(C(C)C)CC1. The molecule has 1 saturated carbocycles. The highest BCUT2D eigenvalue weighted by molar-refractivity contribution is 6.34. The Morgan fingerprint density at radius 1 is 1.21 bits per heavy atom. The van der Waals surface area contributed by atoms with Crippen molar-refractivity contribution in [3.8, 4) is 0 Å². The van der Waals surface area contributed by atoms with Crippen molar-refractivity contribution in [1.82, 2.24) is 4.98 Å². The van der Waals surface area contributed by atoms with Crippen LogP contribution in [0.15, 0.2) is 6.07 Å². The Balaban J connectivity index is 2.00. The molecular weight excluding hydrogens is 279 g/mol. The standard InChI is InChI=1S/C15H22Cl2N2/c1-9(2)11-4-6-12(7-5-11)18-14-10(3)8-13(16)19-15(14)17/h8-9,11-12,18H,4-7H2,1-3H3. The molecule has 1 N–H and O–H groups in total. The minimum absolute atomic E-state index is 0.455. The number of pyridine rings is 1. The van der Waals surface area contributed by atoms with Crippen LogP contribution in [0.4, 0.5) is 5.69 Å². The summed E-state index contributed by atoms with van der Waals surface area (Å²) < 4.78 is 0. The summed E-state index contributed by atoms with van der Waals surface area (Å²) in [5, 5.41) is 4.49. The molecule has 0 bridgehead atoms. The molecule has 0 amide bonds. The predicted octanol–water partition coefficient (Wildman–Crippen LogP) is 5.32. The van der Waals surface area contributed by atoms with Crippen LogP contribution in [0.3, 0.4) is 0 Å². The molecule has 0 aromatic carbocycles. The van der Waals surface area contributed by atoms with Crippen LogP contribution in [0.2, 0.25) is 10.3 Å². The number of aryl methyl sites for hydroxylation is 1. The summed E-state index contributed by atoms with van der Waals surface area (Å²) in [6.45, 7) is 6.66. The minimum Gasteiger partial charge on any atom is -0.380 e. The van der Waals surface area contributed by atoms with Gasteiger partial charge >= 0.3 is 0 Å². The number of halogens is 2. The summed E-state index contributed by atoms with van der Waals surface area (Å²) in [5.74, 6) is 1.67. The average Bonchev–Trinajstić information content (AvgIpc) is 2.34. The predicted molar refractivity (Wildman–Crippen MR) is 83.2 cm³/mol. The first-order valence-corrected chi connectivity index (χ1v) is 7.82. The van der Waals surface area contributed by atoms with Crippen molar-refractivity contribution >= 4 is 28.9 Å². The Labute approximate surface area is 125 Å². The summed E-state index contributed by atoms with van der Waals surface area (Å²) in [6, 6.07) is 2.37. The molecular formula is C15H22Cl2N2. The van der Waals surface area contributed by atoms with Crippen molar-refractivity contribution in [2.45, 2.75) is 52.5 Å². The van der Waals surface area contributed by atoms with Gasteiger partial charge < -0.3 is 5.32 Å². The number of hydrogen-bond acceptors (Lipinski definition) is 2. The fourth-order valence-corrected chi connectivity index (χ4v) is 3.49. The minimum atomic E-state index is 0.455. The van der Waals surface area contributed by atoms with Crippen molar-refractivity contribution in [1.29, 1.82) is 0 Å². The molecule has 0 atom stereocenters. The fourth-order valence-electron chi connectivity index (χ4n) is 2.90. The summed E-state index contributed by atoms with van der Waals surface area (Å²) in [7, 11) is 0. The summed E-state index contributed by atoms with van der Waals surface area (Å²) in [5.41, 5.74) is 2.01. The Hall–Kier alpha value is -0.470. The van der Waals surface area contributed by atoms with Crippen LogP contribution >= 0.6 is 23.2 Å². The van der Waals surface area contributed by atoms with Gasteiger partial charge in [0.05, 0.1) is 5.69 Å². The molecule has 2 nitrogen and oxygen atoms in total. The van der Waals surface area contributed by atoms with E-state index in [1.165, 1.54) is 25.7 Å². The van der Waals surface area contributed by atoms with Gasteiger partial charge in [0.15, 0.2) is 5.15 Å². The molecule has 1 fully saturated rings. The molecule has 106 valence electrons. The van der Waals surface area contributed by atoms with Gasteiger partial charge in [-0.3, -0.25) is 0 Å². The lowest BCUT2D eigenvalue weighted by atomic mass is 9.79. The van der Waals surface area contributed by atoms with Crippen molar-refractivity contribution < 1.29 is 0 Å². The first-order valence-electron chi connectivity index (χ1n) is 7.06. The van der Waals surface area contributed by atoms with E-state index in [9.17, 15) is 0 Å². The second kappa shape index (κ2) is 6.32. The zero-order valence-electron chi connectivity index (χ0n) is 11.8. The van der Waals surface area contributed by atoms with E-state index in [0.717, 1.165) is 23.1 Å². The van der Waals surface area contributed by atoms with E-state index in [-0.39, 0.29) is 0 Å². The zero-order chi connectivity index (χ0) is 14.0. The molecule has 0 spiro atoms. The van der Waals surface area contributed by atoms with Crippen molar-refractivity contribution in [2.75, 3.05) is 5.32 Å². The molecule has 1 aliphatic rings. The van der Waals surface area contributed by atoms with Crippen LogP contribution in [0, 0.1) is 18.8 Å². The van der Waals surface area contributed by atoms with Crippen LogP contribution in [0.5, 0.6) is 0 Å². The Bertz CT molecular complexity index is 415. The Kier molecular flexibility index (Phi) is 4.97. The molecule has 0 saturated heterocycles. The van der Waals surface area contributed by atoms with Gasteiger partial charge in [-0.1, -0.05) is 37.0 Å². The maximum absolute atomic E-state index is 6.18. The highest BCUT2D eigenvalue weighted by Crippen LogP contribution is 2.33. The molecule has 1 heterocycles. The maximum Gasteiger partial charge on any atom is 0.154 e. The highest BCUT2D eigenvalue weighted by atomic mass is 35.5. The lowest BCUT2D eigenvalue weighted by Gasteiger charge is -2.32. The molecule has 1 aliphatic carbocycles. The number of aromatic nitrogens is 1. The molecule has 1 aromatic heterocycles. The van der Waals surface area contributed by atoms with Crippen LogP contribution < -0.4 is 5.32 Å². The number of rotatable bonds is 3. The van der Waals surface area contributed by atoms with Crippen LogP contribution in [-0.4, -0.2) is 11.0 Å². The largest absolute Gasteiger partial charge is 0.380 e. The van der Waals surface area contributed by atoms with E-state index < -0.39 is 0 Å². The van der Waals surface area contributed by atoms with Gasteiger partial charge in [-0.15, -0.1) is 0 Å². The summed E-state index contributed by atoms with van der Waals surface area (Å²) in [4.78, 5) is 4.11. The van der Waals surface area contributed by atoms with Crippen LogP contribution in [0.25, 0.3) is 0 Å². The third-order valence-electron chi connectivity index (χ3n) is 4.20. The number of hydrogen-bond donors (Lipinski definition) is 1. The van der Waals surface area contributed by atoms with E-state index >= 15 is 0 Å². The van der Waals surface area contributed by atoms with E-state index in [1.807, 2.05) is 13.0 Å². The molecule has 2 rings (SSSR count). The maximum atomic E-state index is 6.18. The van der Waals surface area contributed by atoms with Gasteiger partial charge in [0.1, 0.15) is 5.15 Å². The third-order valence-corrected chi connectivity index (χ3v) is 4.67. The molecule has 19 heavy (non-hydrogen) atoms. The van der Waals surface area contributed by atoms with Crippen molar-refractivity contribution in [3.63, 3.8) is 0 Å². The fraction of sp³-hybridized carbons (Fsp3) is 0.667. The monoisotopic (exact) mass is 300 g/mol. The first kappa shape index (κ1) is 14.9. The van der Waals surface area contributed by atoms with Gasteiger partial charge in [-0.05, 0) is 56.1 Å². The smallest absolute Gasteiger partial charge is 0.154 e. The average molecular weight is 301 g/mol. The highest BCUT2D eigenvalue weighted by Gasteiger charge is 2.24. The van der Waals surface area contributed by atoms with Crippen molar-refractivity contribution in [2.24, 2.45) is 11.8 Å². The van der Waals surface area contributed by atoms with Gasteiger partial charge in [-0.2, -0.15) is 0 Å². The third kappa shape index (κ3) is 3.76. The van der Waals surface area contributed by atoms with E-state index in [1.54, 1.807) is 0 Å². The first-order chi connectivity index (χ1) is 8.97. The molecule has 0 radical (unpaired) electrons. The molecule has 4 heteroatoms. The number of nitrogens with zero attached hydrogens (tertiary/aromatic N) is 1. The van der Waals surface area contributed by atoms with Crippen LogP contribution in [0.1, 0.15) is 45.1 Å². The van der Waals surface area contributed by atoms with E-state index in [2.05, 4.69) is 24.1 Å². The van der Waals surface area contributed by atoms with Gasteiger partial charge in [0.25, 0.3) is 0 Å². The second-order valence-corrected chi connectivity index (χ2v) is 6.67. The van der Waals surface area contributed by atoms with Crippen LogP contribution in [-0.2, 0) is 0 Å². The number of nitrogens with one attached hydrogen (secondary N) is 1. The van der Waals surface area contributed by atoms with Gasteiger partial charge in [0, 0.05) is 6.04 Å². The van der Waals surface area contributed by atoms with Gasteiger partial charge in [-0.25, -0.2) is 4.98 Å². The molecule has 0 aliphatic heterocycles. The second-order valence-electron chi connectivity index (χ2n) is 5.93. The lowest BCUT2D eigenvalue weighted by molar-refractivity contribution is 0.267. The quantitative estimate of drug-likeness (QED) is 0.764. The van der Waals surface area contributed by atoms with E-state index in [0.29, 0.717) is 16.3 Å². The lowest BCUT2D eigenvalue weighted by Crippen LogP contribution is -2.28. The van der Waals surface area contributed by atoms with E-state index in [4.69, 9.17) is 23.2 Å². The van der Waals surface area contributed by atoms with Gasteiger partial charge in [0.2, 0.25) is 0 Å². The zero-order valence-corrected chi connectivity index (χ0v) is 13.4. The van der Waals surface area contributed by atoms with Crippen molar-refractivity contribution in [3.05, 3.63) is 21.9 Å². The normalized spacial score (nSPS) is 23.7. The summed E-state index contributed by atoms with van der Waals surface area (Å²) >= 11 is 12.1. The topological polar surface area (TPSA) is 24.9 Å². The number of anilines is 1. The Morgan fingerprint density at radius 3 is 2.37 bits per heavy atom. The summed E-state index contributed by atoms with van der Waals surface area (Å²) in [6.07, 6.45) is 5.02.